The molecule has 1 rings (SSSR count). The Morgan fingerprint density at radius 2 is 2.38 bits per heavy atom. The summed E-state index contributed by atoms with van der Waals surface area (Å²) in [4.78, 5) is 0. The molecule has 0 saturated carbocycles. The summed E-state index contributed by atoms with van der Waals surface area (Å²) in [5, 5.41) is 12.0. The first kappa shape index (κ1) is 13.1. The molecule has 0 aliphatic heterocycles. The molecule has 16 heavy (non-hydrogen) atoms. The molecule has 0 fully saturated rings. The lowest BCUT2D eigenvalue weighted by molar-refractivity contribution is 0.198. The zero-order chi connectivity index (χ0) is 12.0. The fourth-order valence-electron chi connectivity index (χ4n) is 1.27. The van der Waals surface area contributed by atoms with Crippen molar-refractivity contribution in [3.63, 3.8) is 0 Å². The zero-order valence-corrected chi connectivity index (χ0v) is 10.4. The average molecular weight is 287 g/mol. The van der Waals surface area contributed by atoms with Crippen molar-refractivity contribution in [2.45, 2.75) is 6.04 Å². The summed E-state index contributed by atoms with van der Waals surface area (Å²) in [6, 6.07) is 5.92. The second-order valence-electron chi connectivity index (χ2n) is 3.17. The summed E-state index contributed by atoms with van der Waals surface area (Å²) < 4.78 is 18.3. The predicted octanol–water partition coefficient (Wildman–Crippen LogP) is 2.39. The minimum Gasteiger partial charge on any atom is -0.383 e. The predicted molar refractivity (Wildman–Crippen MR) is 62.3 cm³/mol. The standard InChI is InChI=1S/C11H12BrFN2O/c1-16-5-4-15-11(7-14)9-3-2-8(13)6-10(9)12/h2-3,6,11,15H,4-5H2,1H3. The third-order valence-corrected chi connectivity index (χ3v) is 2.74. The van der Waals surface area contributed by atoms with Crippen LogP contribution in [0.15, 0.2) is 22.7 Å². The van der Waals surface area contributed by atoms with E-state index in [-0.39, 0.29) is 5.82 Å². The first-order valence-corrected chi connectivity index (χ1v) is 5.55. The van der Waals surface area contributed by atoms with Crippen molar-refractivity contribution in [2.24, 2.45) is 0 Å². The number of halogens is 2. The molecule has 1 unspecified atom stereocenters. The van der Waals surface area contributed by atoms with Crippen molar-refractivity contribution >= 4 is 15.9 Å². The summed E-state index contributed by atoms with van der Waals surface area (Å²) >= 11 is 3.24. The number of hydrogen-bond acceptors (Lipinski definition) is 3. The van der Waals surface area contributed by atoms with E-state index < -0.39 is 6.04 Å². The molecule has 0 aliphatic carbocycles. The van der Waals surface area contributed by atoms with Gasteiger partial charge in [0.05, 0.1) is 12.7 Å². The monoisotopic (exact) mass is 286 g/mol. The third-order valence-electron chi connectivity index (χ3n) is 2.06. The van der Waals surface area contributed by atoms with E-state index in [9.17, 15) is 4.39 Å². The van der Waals surface area contributed by atoms with Gasteiger partial charge >= 0.3 is 0 Å². The lowest BCUT2D eigenvalue weighted by Crippen LogP contribution is -2.24. The van der Waals surface area contributed by atoms with Crippen LogP contribution in [0, 0.1) is 17.1 Å². The maximum Gasteiger partial charge on any atom is 0.124 e. The topological polar surface area (TPSA) is 45.0 Å². The van der Waals surface area contributed by atoms with E-state index in [1.165, 1.54) is 12.1 Å². The van der Waals surface area contributed by atoms with Crippen LogP contribution in [0.3, 0.4) is 0 Å². The molecule has 86 valence electrons. The third kappa shape index (κ3) is 3.56. The number of nitrogens with one attached hydrogen (secondary N) is 1. The summed E-state index contributed by atoms with van der Waals surface area (Å²) in [6.45, 7) is 1.09. The number of ether oxygens (including phenoxy) is 1. The molecular formula is C11H12BrFN2O. The van der Waals surface area contributed by atoms with Gasteiger partial charge in [-0.05, 0) is 17.7 Å². The van der Waals surface area contributed by atoms with Crippen molar-refractivity contribution in [1.29, 1.82) is 5.26 Å². The molecule has 1 atom stereocenters. The number of nitrogens with zero attached hydrogens (tertiary/aromatic N) is 1. The van der Waals surface area contributed by atoms with E-state index in [4.69, 9.17) is 10.00 Å². The molecule has 0 saturated heterocycles. The Labute approximate surface area is 102 Å². The van der Waals surface area contributed by atoms with Crippen molar-refractivity contribution < 1.29 is 9.13 Å². The molecule has 3 nitrogen and oxygen atoms in total. The maximum atomic E-state index is 12.9. The molecule has 5 heteroatoms. The van der Waals surface area contributed by atoms with Crippen molar-refractivity contribution in [3.05, 3.63) is 34.1 Å². The Balaban J connectivity index is 2.76. The van der Waals surface area contributed by atoms with E-state index in [0.29, 0.717) is 17.6 Å². The van der Waals surface area contributed by atoms with Gasteiger partial charge in [0.25, 0.3) is 0 Å². The van der Waals surface area contributed by atoms with Gasteiger partial charge in [-0.1, -0.05) is 22.0 Å². The number of hydrogen-bond donors (Lipinski definition) is 1. The van der Waals surface area contributed by atoms with Gasteiger partial charge < -0.3 is 4.74 Å². The zero-order valence-electron chi connectivity index (χ0n) is 8.84. The van der Waals surface area contributed by atoms with E-state index in [0.717, 1.165) is 5.56 Å². The van der Waals surface area contributed by atoms with Gasteiger partial charge in [0.2, 0.25) is 0 Å². The molecule has 0 spiro atoms. The largest absolute Gasteiger partial charge is 0.383 e. The second-order valence-corrected chi connectivity index (χ2v) is 4.03. The van der Waals surface area contributed by atoms with Crippen molar-refractivity contribution in [2.75, 3.05) is 20.3 Å². The highest BCUT2D eigenvalue weighted by Crippen LogP contribution is 2.23. The fraction of sp³-hybridized carbons (Fsp3) is 0.364. The molecule has 1 aromatic carbocycles. The molecule has 0 radical (unpaired) electrons. The van der Waals surface area contributed by atoms with E-state index >= 15 is 0 Å². The average Bonchev–Trinajstić information content (AvgIpc) is 2.26. The van der Waals surface area contributed by atoms with Crippen LogP contribution in [0.25, 0.3) is 0 Å². The molecule has 0 aliphatic rings. The molecule has 1 N–H and O–H groups in total. The van der Waals surface area contributed by atoms with Crippen LogP contribution in [0.4, 0.5) is 4.39 Å². The van der Waals surface area contributed by atoms with Gasteiger partial charge in [-0.3, -0.25) is 5.32 Å². The quantitative estimate of drug-likeness (QED) is 0.846. The molecular weight excluding hydrogens is 275 g/mol. The van der Waals surface area contributed by atoms with Gasteiger partial charge in [0, 0.05) is 18.1 Å². The van der Waals surface area contributed by atoms with E-state index in [1.54, 1.807) is 13.2 Å². The summed E-state index contributed by atoms with van der Waals surface area (Å²) in [6.07, 6.45) is 0. The van der Waals surface area contributed by atoms with E-state index in [2.05, 4.69) is 27.3 Å². The Bertz CT molecular complexity index is 392. The van der Waals surface area contributed by atoms with Crippen molar-refractivity contribution in [1.82, 2.24) is 5.32 Å². The van der Waals surface area contributed by atoms with Crippen LogP contribution in [0.1, 0.15) is 11.6 Å². The Hall–Kier alpha value is -0.960. The van der Waals surface area contributed by atoms with Crippen LogP contribution < -0.4 is 5.32 Å². The summed E-state index contributed by atoms with van der Waals surface area (Å²) in [5.41, 5.74) is 0.722. The minimum atomic E-state index is -0.467. The van der Waals surface area contributed by atoms with Crippen molar-refractivity contribution in [3.8, 4) is 6.07 Å². The minimum absolute atomic E-state index is 0.329. The Morgan fingerprint density at radius 3 is 2.94 bits per heavy atom. The molecule has 0 heterocycles. The van der Waals surface area contributed by atoms with Gasteiger partial charge in [-0.2, -0.15) is 5.26 Å². The lowest BCUT2D eigenvalue weighted by atomic mass is 10.1. The van der Waals surface area contributed by atoms with Crippen LogP contribution in [-0.2, 0) is 4.74 Å². The first-order valence-electron chi connectivity index (χ1n) is 4.76. The summed E-state index contributed by atoms with van der Waals surface area (Å²) in [5.74, 6) is -0.329. The van der Waals surface area contributed by atoms with Gasteiger partial charge in [-0.15, -0.1) is 0 Å². The lowest BCUT2D eigenvalue weighted by Gasteiger charge is -2.13. The molecule has 0 amide bonds. The highest BCUT2D eigenvalue weighted by molar-refractivity contribution is 9.10. The maximum absolute atomic E-state index is 12.9. The number of rotatable bonds is 5. The SMILES string of the molecule is COCCNC(C#N)c1ccc(F)cc1Br. The smallest absolute Gasteiger partial charge is 0.124 e. The Kier molecular flexibility index (Phi) is 5.39. The van der Waals surface area contributed by atoms with Crippen LogP contribution in [0.5, 0.6) is 0 Å². The number of benzene rings is 1. The number of methoxy groups -OCH3 is 1. The van der Waals surface area contributed by atoms with E-state index in [1.807, 2.05) is 0 Å². The van der Waals surface area contributed by atoms with Crippen LogP contribution >= 0.6 is 15.9 Å². The van der Waals surface area contributed by atoms with Gasteiger partial charge in [0.15, 0.2) is 0 Å². The highest BCUT2D eigenvalue weighted by Gasteiger charge is 2.13. The van der Waals surface area contributed by atoms with Crippen LogP contribution in [0.2, 0.25) is 0 Å². The number of nitriles is 1. The highest BCUT2D eigenvalue weighted by atomic mass is 79.9. The second kappa shape index (κ2) is 6.59. The van der Waals surface area contributed by atoms with Crippen LogP contribution in [-0.4, -0.2) is 20.3 Å². The summed E-state index contributed by atoms with van der Waals surface area (Å²) in [7, 11) is 1.59. The van der Waals surface area contributed by atoms with Gasteiger partial charge in [-0.25, -0.2) is 4.39 Å². The molecule has 0 bridgehead atoms. The molecule has 0 aromatic heterocycles. The fourth-order valence-corrected chi connectivity index (χ4v) is 1.85. The molecule has 1 aromatic rings. The van der Waals surface area contributed by atoms with Gasteiger partial charge in [0.1, 0.15) is 11.9 Å². The Morgan fingerprint density at radius 1 is 1.62 bits per heavy atom. The normalized spacial score (nSPS) is 12.1. The first-order chi connectivity index (χ1) is 7.69.